The van der Waals surface area contributed by atoms with Crippen LogP contribution in [0, 0.1) is 78.6 Å². The first-order valence-corrected chi connectivity index (χ1v) is 22.4. The third-order valence-electron chi connectivity index (χ3n) is 15.5. The zero-order valence-electron chi connectivity index (χ0n) is 35.9. The molecule has 3 fully saturated rings. The average Bonchev–Trinajstić information content (AvgIpc) is 3.59. The molecule has 1 N–H and O–H groups in total. The summed E-state index contributed by atoms with van der Waals surface area (Å²) in [6.45, 7) is 14.2. The number of nitrogens with one attached hydrogen (secondary N) is 1. The van der Waals surface area contributed by atoms with Gasteiger partial charge < -0.3 is 20.0 Å². The second kappa shape index (κ2) is 15.3. The Hall–Kier alpha value is -5.28. The molecule has 0 saturated heterocycles. The summed E-state index contributed by atoms with van der Waals surface area (Å²) in [5.41, 5.74) is -2.01. The van der Waals surface area contributed by atoms with Crippen LogP contribution in [0.2, 0.25) is 0 Å². The van der Waals surface area contributed by atoms with Crippen LogP contribution in [0.4, 0.5) is 0 Å². The van der Waals surface area contributed by atoms with E-state index in [1.54, 1.807) is 6.07 Å². The van der Waals surface area contributed by atoms with Gasteiger partial charge in [-0.05, 0) is 96.1 Å². The van der Waals surface area contributed by atoms with Gasteiger partial charge in [0, 0.05) is 23.3 Å². The van der Waals surface area contributed by atoms with E-state index in [4.69, 9.17) is 9.47 Å². The van der Waals surface area contributed by atoms with E-state index in [1.165, 1.54) is 24.3 Å². The molecule has 1 heterocycles. The summed E-state index contributed by atoms with van der Waals surface area (Å²) in [5.74, 6) is 3.04. The van der Waals surface area contributed by atoms with Crippen LogP contribution in [0.25, 0.3) is 0 Å². The first-order chi connectivity index (χ1) is 28.6. The number of nitrogens with zero attached hydrogens (tertiary/aromatic N) is 3. The van der Waals surface area contributed by atoms with Crippen molar-refractivity contribution < 1.29 is 46.6 Å². The number of aromatic nitrogens is 2. The molecule has 1 aromatic heterocycles. The Balaban J connectivity index is 1.00. The highest BCUT2D eigenvalue weighted by molar-refractivity contribution is 7.91. The Bertz CT molecular complexity index is 2450. The zero-order valence-corrected chi connectivity index (χ0v) is 36.7. The number of hydrogen-bond acceptors (Lipinski definition) is 12. The van der Waals surface area contributed by atoms with Crippen molar-refractivity contribution in [2.45, 2.75) is 110 Å². The molecule has 7 rings (SSSR count). The lowest BCUT2D eigenvalue weighted by Gasteiger charge is -2.69. The Morgan fingerprint density at radius 1 is 1.00 bits per heavy atom. The lowest BCUT2D eigenvalue weighted by atomic mass is 9.34. The molecule has 0 radical (unpaired) electrons. The molecule has 2 aromatic rings. The minimum atomic E-state index is -4.29. The Kier molecular flexibility index (Phi) is 11.0. The fourth-order valence-electron chi connectivity index (χ4n) is 12.1. The van der Waals surface area contributed by atoms with Gasteiger partial charge in [0.2, 0.25) is 5.91 Å². The van der Waals surface area contributed by atoms with Gasteiger partial charge in [0.05, 0.1) is 27.5 Å². The molecule has 0 bridgehead atoms. The number of benzene rings is 1. The first-order valence-electron chi connectivity index (χ1n) is 21.0. The maximum atomic E-state index is 14.8. The number of ketones is 2. The summed E-state index contributed by atoms with van der Waals surface area (Å²) in [6, 6.07) is 9.42. The number of fused-ring (bicyclic) bond motifs is 7. The molecule has 0 aliphatic heterocycles. The monoisotopic (exact) mass is 854 g/mol. The van der Waals surface area contributed by atoms with Crippen molar-refractivity contribution >= 4 is 33.3 Å². The molecule has 324 valence electrons. The predicted octanol–water partition coefficient (Wildman–Crippen LogP) is 5.79. The largest absolute Gasteiger partial charge is 0.452 e. The molecule has 15 heteroatoms. The van der Waals surface area contributed by atoms with Crippen LogP contribution in [-0.4, -0.2) is 56.8 Å². The van der Waals surface area contributed by atoms with Crippen LogP contribution >= 0.6 is 0 Å². The number of allylic oxidation sites excluding steroid dienone is 4. The van der Waals surface area contributed by atoms with Crippen LogP contribution in [0.15, 0.2) is 68.2 Å². The number of rotatable bonds is 9. The fourth-order valence-corrected chi connectivity index (χ4v) is 13.4. The van der Waals surface area contributed by atoms with E-state index in [1.807, 2.05) is 26.0 Å². The molecule has 1 amide bonds. The normalized spacial score (nSPS) is 32.1. The van der Waals surface area contributed by atoms with Gasteiger partial charge in [0.1, 0.15) is 6.07 Å². The number of carbonyl (C=O) groups excluding carboxylic acids is 4. The molecule has 5 aliphatic carbocycles. The Labute approximate surface area is 356 Å². The summed E-state index contributed by atoms with van der Waals surface area (Å²) in [6.07, 6.45) is 8.53. The van der Waals surface area contributed by atoms with Gasteiger partial charge in [-0.3, -0.25) is 23.8 Å². The molecule has 0 spiro atoms. The molecule has 1 aromatic carbocycles. The number of esters is 1. The first kappa shape index (κ1) is 43.8. The highest BCUT2D eigenvalue weighted by Crippen LogP contribution is 2.74. The van der Waals surface area contributed by atoms with Crippen LogP contribution < -0.4 is 15.0 Å². The van der Waals surface area contributed by atoms with Gasteiger partial charge in [0.15, 0.2) is 24.8 Å². The third-order valence-corrected chi connectivity index (χ3v) is 17.2. The second-order valence-electron chi connectivity index (χ2n) is 19.6. The summed E-state index contributed by atoms with van der Waals surface area (Å²) < 4.78 is 40.8. The van der Waals surface area contributed by atoms with E-state index in [2.05, 4.69) is 67.6 Å². The molecular weight excluding hydrogens is 801 g/mol. The highest BCUT2D eigenvalue weighted by atomic mass is 32.2. The van der Waals surface area contributed by atoms with Crippen LogP contribution in [0.1, 0.15) is 99.8 Å². The number of hydrogen-bond donors (Lipinski definition) is 1. The van der Waals surface area contributed by atoms with E-state index >= 15 is 0 Å². The average molecular weight is 855 g/mol. The number of carbonyl (C=O) groups is 4. The maximum Gasteiger partial charge on any atom is 0.415 e. The van der Waals surface area contributed by atoms with Crippen molar-refractivity contribution in [2.75, 3.05) is 19.8 Å². The van der Waals surface area contributed by atoms with Crippen molar-refractivity contribution in [3.63, 3.8) is 0 Å². The van der Waals surface area contributed by atoms with Gasteiger partial charge in [-0.1, -0.05) is 90.2 Å². The quantitative estimate of drug-likeness (QED) is 0.181. The summed E-state index contributed by atoms with van der Waals surface area (Å²) in [4.78, 5) is 55.0. The summed E-state index contributed by atoms with van der Waals surface area (Å²) >= 11 is 0. The van der Waals surface area contributed by atoms with Crippen molar-refractivity contribution in [1.82, 2.24) is 10.5 Å². The number of amides is 1. The number of Topliss-reactive ketones (excluding diaryl/α,β-unsaturated/α-hetero) is 1. The number of sulfone groups is 1. The second-order valence-corrected chi connectivity index (χ2v) is 21.4. The van der Waals surface area contributed by atoms with Gasteiger partial charge in [-0.25, -0.2) is 8.42 Å². The van der Waals surface area contributed by atoms with Crippen LogP contribution in [0.5, 0.6) is 5.88 Å². The fraction of sp³-hybridized carbons (Fsp3) is 0.587. The van der Waals surface area contributed by atoms with E-state index < -0.39 is 59.7 Å². The minimum absolute atomic E-state index is 0.0147. The van der Waals surface area contributed by atoms with E-state index in [0.29, 0.717) is 25.7 Å². The standard InChI is InChI=1S/C46H54N4O10S/c1-41(2)18-20-46(40(54)48-22-16-35(52)58-23-11-12-24-59-38-39(50(55)60-49-38)61(56,57)30-13-9-8-10-14-30)21-19-45(7)36(31(46)27-41)32(51)25-34-43(5)26-29(28-47)37(53)42(3,4)33(43)15-17-44(34,45)6/h8-10,13-14,25-26,31,33,36H,15-24,27H2,1-7H3,(H,48,54)/t31-,33-,36-,43-,44+,45+,46-/m0/s1. The van der Waals surface area contributed by atoms with Gasteiger partial charge in [-0.2, -0.15) is 5.26 Å². The molecule has 3 saturated carbocycles. The zero-order chi connectivity index (χ0) is 44.4. The molecule has 14 nitrogen and oxygen atoms in total. The van der Waals surface area contributed by atoms with Crippen molar-refractivity contribution in [3.8, 4) is 23.8 Å². The molecule has 61 heavy (non-hydrogen) atoms. The summed E-state index contributed by atoms with van der Waals surface area (Å²) in [7, 11) is -4.29. The van der Waals surface area contributed by atoms with Crippen LogP contribution in [-0.2, 0) is 33.8 Å². The predicted molar refractivity (Wildman–Crippen MR) is 218 cm³/mol. The van der Waals surface area contributed by atoms with Crippen LogP contribution in [0.3, 0.4) is 0 Å². The van der Waals surface area contributed by atoms with Crippen molar-refractivity contribution in [2.24, 2.45) is 50.2 Å². The molecule has 0 unspecified atom stereocenters. The Morgan fingerprint density at radius 3 is 2.39 bits per heavy atom. The minimum Gasteiger partial charge on any atom is -0.452 e. The molecule has 7 atom stereocenters. The molecule has 5 aliphatic rings. The SMILES string of the molecule is CC1(C)CC[C@]2(C(=O)NCCC(=O)OCC#CCOc3no[n+]([O-])c3S(=O)(=O)c3ccccc3)CC[C@]3(C)[C@H](C(=O)C=C4[C@@]5(C)C=C(C#N)C(=O)C(C)(C)[C@@H]5CC[C@]43C)[C@@H]2C1. The highest BCUT2D eigenvalue weighted by Gasteiger charge is 2.70. The molecular formula is C46H54N4O10S. The Morgan fingerprint density at radius 2 is 1.69 bits per heavy atom. The van der Waals surface area contributed by atoms with Gasteiger partial charge in [-0.15, -0.1) is 0 Å². The smallest absolute Gasteiger partial charge is 0.415 e. The summed E-state index contributed by atoms with van der Waals surface area (Å²) in [5, 5.41) is 27.7. The lowest BCUT2D eigenvalue weighted by Crippen LogP contribution is -2.66. The number of nitriles is 1. The van der Waals surface area contributed by atoms with Crippen molar-refractivity contribution in [1.29, 1.82) is 5.26 Å². The van der Waals surface area contributed by atoms with Gasteiger partial charge in [0.25, 0.3) is 9.84 Å². The van der Waals surface area contributed by atoms with E-state index in [-0.39, 0.29) is 76.3 Å². The van der Waals surface area contributed by atoms with E-state index in [0.717, 1.165) is 24.8 Å². The van der Waals surface area contributed by atoms with Crippen molar-refractivity contribution in [3.05, 3.63) is 58.8 Å². The number of ether oxygens (including phenoxy) is 2. The van der Waals surface area contributed by atoms with E-state index in [9.17, 15) is 38.1 Å². The maximum absolute atomic E-state index is 14.8. The topological polar surface area (TPSA) is 210 Å². The third kappa shape index (κ3) is 6.97. The van der Waals surface area contributed by atoms with Gasteiger partial charge >= 0.3 is 16.9 Å². The lowest BCUT2D eigenvalue weighted by molar-refractivity contribution is -0.832.